The molecule has 1 N–H and O–H groups in total. The molecule has 7 heteroatoms. The largest absolute Gasteiger partial charge is 0.454 e. The first-order valence-corrected chi connectivity index (χ1v) is 10.1. The van der Waals surface area contributed by atoms with Crippen LogP contribution in [-0.4, -0.2) is 27.2 Å². The molecule has 2 aromatic heterocycles. The Morgan fingerprint density at radius 3 is 2.97 bits per heavy atom. The monoisotopic (exact) mass is 394 g/mol. The van der Waals surface area contributed by atoms with E-state index < -0.39 is 0 Å². The molecule has 4 rings (SSSR count). The molecule has 0 bridgehead atoms. The molecule has 0 spiro atoms. The van der Waals surface area contributed by atoms with Crippen molar-refractivity contribution in [2.24, 2.45) is 5.92 Å². The van der Waals surface area contributed by atoms with Crippen molar-refractivity contribution in [2.75, 3.05) is 12.1 Å². The topological polar surface area (TPSA) is 78.3 Å². The van der Waals surface area contributed by atoms with E-state index in [0.717, 1.165) is 42.8 Å². The minimum atomic E-state index is -0.0215. The number of carbonyl (C=O) groups is 1. The number of aryl methyl sites for hydroxylation is 2. The Bertz CT molecular complexity index is 1010. The van der Waals surface area contributed by atoms with Crippen molar-refractivity contribution >= 4 is 22.8 Å². The quantitative estimate of drug-likeness (QED) is 0.620. The summed E-state index contributed by atoms with van der Waals surface area (Å²) in [7, 11) is 0. The lowest BCUT2D eigenvalue weighted by Crippen LogP contribution is -2.12. The number of imidazole rings is 1. The van der Waals surface area contributed by atoms with Crippen LogP contribution in [0.5, 0.6) is 11.5 Å². The first-order valence-electron chi connectivity index (χ1n) is 10.1. The Morgan fingerprint density at radius 2 is 2.10 bits per heavy atom. The predicted molar refractivity (Wildman–Crippen MR) is 111 cm³/mol. The molecule has 152 valence electrons. The molecule has 0 radical (unpaired) electrons. The highest BCUT2D eigenvalue weighted by atomic mass is 16.7. The smallest absolute Gasteiger partial charge is 0.231 e. The van der Waals surface area contributed by atoms with Crippen LogP contribution in [0.4, 0.5) is 5.69 Å². The first kappa shape index (κ1) is 19.2. The van der Waals surface area contributed by atoms with Crippen LogP contribution in [0.1, 0.15) is 38.9 Å². The molecule has 1 amide bonds. The molecule has 0 aliphatic carbocycles. The molecule has 1 aliphatic heterocycles. The second-order valence-electron chi connectivity index (χ2n) is 7.68. The number of pyridine rings is 1. The summed E-state index contributed by atoms with van der Waals surface area (Å²) >= 11 is 0. The lowest BCUT2D eigenvalue weighted by molar-refractivity contribution is -0.116. The number of rotatable bonds is 8. The molecule has 0 atom stereocenters. The highest BCUT2D eigenvalue weighted by Crippen LogP contribution is 2.34. The van der Waals surface area contributed by atoms with Crippen LogP contribution >= 0.6 is 0 Å². The third-order valence-corrected chi connectivity index (χ3v) is 4.97. The van der Waals surface area contributed by atoms with Crippen molar-refractivity contribution in [1.82, 2.24) is 14.5 Å². The Kier molecular flexibility index (Phi) is 5.64. The van der Waals surface area contributed by atoms with Crippen LogP contribution in [0.3, 0.4) is 0 Å². The van der Waals surface area contributed by atoms with Gasteiger partial charge in [0.05, 0.1) is 0 Å². The van der Waals surface area contributed by atoms with E-state index in [1.54, 1.807) is 12.3 Å². The zero-order valence-corrected chi connectivity index (χ0v) is 16.9. The van der Waals surface area contributed by atoms with E-state index >= 15 is 0 Å². The maximum Gasteiger partial charge on any atom is 0.231 e. The van der Waals surface area contributed by atoms with Gasteiger partial charge < -0.3 is 19.4 Å². The molecule has 29 heavy (non-hydrogen) atoms. The molecular weight excluding hydrogens is 368 g/mol. The Balaban J connectivity index is 1.36. The van der Waals surface area contributed by atoms with Gasteiger partial charge in [0.1, 0.15) is 11.3 Å². The van der Waals surface area contributed by atoms with Crippen LogP contribution in [0.25, 0.3) is 11.2 Å². The summed E-state index contributed by atoms with van der Waals surface area (Å²) in [4.78, 5) is 21.6. The van der Waals surface area contributed by atoms with Gasteiger partial charge in [0.15, 0.2) is 17.1 Å². The van der Waals surface area contributed by atoms with E-state index in [-0.39, 0.29) is 12.7 Å². The molecule has 3 heterocycles. The second-order valence-corrected chi connectivity index (χ2v) is 7.68. The van der Waals surface area contributed by atoms with Crippen molar-refractivity contribution in [3.63, 3.8) is 0 Å². The summed E-state index contributed by atoms with van der Waals surface area (Å²) in [6, 6.07) is 9.32. The number of ether oxygens (including phenoxy) is 2. The lowest BCUT2D eigenvalue weighted by Gasteiger charge is -2.10. The van der Waals surface area contributed by atoms with Crippen molar-refractivity contribution in [2.45, 2.75) is 46.1 Å². The van der Waals surface area contributed by atoms with Gasteiger partial charge in [0, 0.05) is 37.3 Å². The minimum Gasteiger partial charge on any atom is -0.454 e. The summed E-state index contributed by atoms with van der Waals surface area (Å²) in [5.74, 6) is 2.95. The summed E-state index contributed by atoms with van der Waals surface area (Å²) in [6.45, 7) is 5.54. The van der Waals surface area contributed by atoms with Crippen LogP contribution in [0, 0.1) is 5.92 Å². The number of aromatic nitrogens is 3. The number of benzene rings is 1. The van der Waals surface area contributed by atoms with Crippen LogP contribution in [0.15, 0.2) is 36.5 Å². The number of amides is 1. The molecule has 7 nitrogen and oxygen atoms in total. The van der Waals surface area contributed by atoms with Gasteiger partial charge >= 0.3 is 0 Å². The third kappa shape index (κ3) is 4.50. The van der Waals surface area contributed by atoms with Crippen molar-refractivity contribution in [3.8, 4) is 11.5 Å². The SMILES string of the molecule is CC(C)CCn1c(CCCC(=O)Nc2ccc3c(c2)OCO3)nc2cccnc21. The van der Waals surface area contributed by atoms with Crippen LogP contribution in [-0.2, 0) is 17.8 Å². The van der Waals surface area contributed by atoms with Crippen LogP contribution in [0.2, 0.25) is 0 Å². The predicted octanol–water partition coefficient (Wildman–Crippen LogP) is 4.17. The zero-order valence-electron chi connectivity index (χ0n) is 16.9. The average Bonchev–Trinajstić information content (AvgIpc) is 3.30. The fraction of sp³-hybridized carbons (Fsp3) is 0.409. The highest BCUT2D eigenvalue weighted by Gasteiger charge is 2.15. The van der Waals surface area contributed by atoms with E-state index in [1.807, 2.05) is 24.3 Å². The van der Waals surface area contributed by atoms with Gasteiger partial charge in [-0.15, -0.1) is 0 Å². The van der Waals surface area contributed by atoms with Gasteiger partial charge in [0.25, 0.3) is 0 Å². The van der Waals surface area contributed by atoms with Gasteiger partial charge in [-0.05, 0) is 43.0 Å². The number of hydrogen-bond acceptors (Lipinski definition) is 5. The molecule has 0 fully saturated rings. The molecule has 3 aromatic rings. The number of nitrogens with one attached hydrogen (secondary N) is 1. The van der Waals surface area contributed by atoms with Crippen molar-refractivity contribution < 1.29 is 14.3 Å². The number of anilines is 1. The molecular formula is C22H26N4O3. The fourth-order valence-electron chi connectivity index (χ4n) is 3.42. The number of hydrogen-bond donors (Lipinski definition) is 1. The second kappa shape index (κ2) is 8.51. The number of fused-ring (bicyclic) bond motifs is 2. The first-order chi connectivity index (χ1) is 14.1. The normalized spacial score (nSPS) is 12.7. The van der Waals surface area contributed by atoms with Gasteiger partial charge in [-0.1, -0.05) is 13.8 Å². The van der Waals surface area contributed by atoms with E-state index in [9.17, 15) is 4.79 Å². The third-order valence-electron chi connectivity index (χ3n) is 4.97. The average molecular weight is 394 g/mol. The van der Waals surface area contributed by atoms with Gasteiger partial charge in [-0.3, -0.25) is 4.79 Å². The van der Waals surface area contributed by atoms with E-state index in [2.05, 4.69) is 28.7 Å². The standard InChI is InChI=1S/C22H26N4O3/c1-15(2)10-12-26-20(25-17-5-4-11-23-22(17)26)6-3-7-21(27)24-16-8-9-18-19(13-16)29-14-28-18/h4-5,8-9,11,13,15H,3,6-7,10,12,14H2,1-2H3,(H,24,27). The molecule has 1 aliphatic rings. The summed E-state index contributed by atoms with van der Waals surface area (Å²) in [5, 5.41) is 2.93. The van der Waals surface area contributed by atoms with Gasteiger partial charge in [-0.25, -0.2) is 9.97 Å². The van der Waals surface area contributed by atoms with Crippen LogP contribution < -0.4 is 14.8 Å². The Hall–Kier alpha value is -3.09. The maximum atomic E-state index is 12.4. The Morgan fingerprint density at radius 1 is 1.24 bits per heavy atom. The molecule has 0 saturated heterocycles. The maximum absolute atomic E-state index is 12.4. The van der Waals surface area contributed by atoms with Crippen molar-refractivity contribution in [3.05, 3.63) is 42.4 Å². The summed E-state index contributed by atoms with van der Waals surface area (Å²) < 4.78 is 12.8. The highest BCUT2D eigenvalue weighted by molar-refractivity contribution is 5.91. The van der Waals surface area contributed by atoms with Crippen molar-refractivity contribution in [1.29, 1.82) is 0 Å². The fourth-order valence-corrected chi connectivity index (χ4v) is 3.42. The van der Waals surface area contributed by atoms with Gasteiger partial charge in [-0.2, -0.15) is 0 Å². The zero-order chi connectivity index (χ0) is 20.2. The lowest BCUT2D eigenvalue weighted by atomic mass is 10.1. The Labute approximate surface area is 170 Å². The van der Waals surface area contributed by atoms with E-state index in [4.69, 9.17) is 14.5 Å². The summed E-state index contributed by atoms with van der Waals surface area (Å²) in [5.41, 5.74) is 2.55. The molecule has 0 saturated carbocycles. The molecule has 0 unspecified atom stereocenters. The van der Waals surface area contributed by atoms with E-state index in [1.165, 1.54) is 0 Å². The number of nitrogens with zero attached hydrogens (tertiary/aromatic N) is 3. The summed E-state index contributed by atoms with van der Waals surface area (Å²) in [6.07, 6.45) is 4.76. The minimum absolute atomic E-state index is 0.0215. The van der Waals surface area contributed by atoms with E-state index in [0.29, 0.717) is 29.5 Å². The van der Waals surface area contributed by atoms with Gasteiger partial charge in [0.2, 0.25) is 12.7 Å². The number of carbonyl (C=O) groups excluding carboxylic acids is 1. The molecule has 1 aromatic carbocycles.